The summed E-state index contributed by atoms with van der Waals surface area (Å²) in [6, 6.07) is 12.4. The quantitative estimate of drug-likeness (QED) is 0.715. The first kappa shape index (κ1) is 15.3. The molecular weight excluding hydrogens is 386 g/mol. The van der Waals surface area contributed by atoms with Gasteiger partial charge in [0, 0.05) is 18.1 Å². The normalized spacial score (nSPS) is 11.5. The summed E-state index contributed by atoms with van der Waals surface area (Å²) < 4.78 is 29.9. The smallest absolute Gasteiger partial charge is 0.271 e. The monoisotopic (exact) mass is 397 g/mol. The maximum atomic E-state index is 12.2. The van der Waals surface area contributed by atoms with Crippen LogP contribution in [0.1, 0.15) is 5.56 Å². The molecule has 0 aliphatic carbocycles. The van der Waals surface area contributed by atoms with Crippen molar-refractivity contribution < 1.29 is 8.42 Å². The highest BCUT2D eigenvalue weighted by atomic mass is 79.9. The van der Waals surface area contributed by atoms with Gasteiger partial charge in [0.2, 0.25) is 0 Å². The number of sulfonamides is 1. The van der Waals surface area contributed by atoms with Crippen LogP contribution in [0.5, 0.6) is 0 Å². The largest absolute Gasteiger partial charge is 0.279 e. The second kappa shape index (κ2) is 6.23. The molecule has 0 amide bonds. The van der Waals surface area contributed by atoms with Gasteiger partial charge >= 0.3 is 0 Å². The lowest BCUT2D eigenvalue weighted by Gasteiger charge is -2.07. The minimum atomic E-state index is -3.53. The molecule has 0 bridgehead atoms. The summed E-state index contributed by atoms with van der Waals surface area (Å²) in [5, 5.41) is 4.14. The van der Waals surface area contributed by atoms with Crippen molar-refractivity contribution in [1.82, 2.24) is 9.78 Å². The molecule has 0 unspecified atom stereocenters. The van der Waals surface area contributed by atoms with E-state index in [9.17, 15) is 8.42 Å². The van der Waals surface area contributed by atoms with E-state index in [4.69, 9.17) is 0 Å². The van der Waals surface area contributed by atoms with Crippen molar-refractivity contribution in [2.45, 2.75) is 10.8 Å². The topological polar surface area (TPSA) is 64.0 Å². The van der Waals surface area contributed by atoms with Crippen LogP contribution in [-0.4, -0.2) is 18.2 Å². The predicted octanol–water partition coefficient (Wildman–Crippen LogP) is 3.56. The second-order valence-corrected chi connectivity index (χ2v) is 8.94. The van der Waals surface area contributed by atoms with Crippen LogP contribution >= 0.6 is 27.3 Å². The molecule has 114 valence electrons. The summed E-state index contributed by atoms with van der Waals surface area (Å²) in [6.07, 6.45) is 3.60. The number of anilines is 1. The number of hydrogen-bond acceptors (Lipinski definition) is 4. The van der Waals surface area contributed by atoms with Gasteiger partial charge in [-0.2, -0.15) is 5.10 Å². The fourth-order valence-corrected chi connectivity index (χ4v) is 4.98. The first-order valence-corrected chi connectivity index (χ1v) is 9.47. The number of hydrogen-bond donors (Lipinski definition) is 1. The Balaban J connectivity index is 1.73. The zero-order valence-corrected chi connectivity index (χ0v) is 14.5. The van der Waals surface area contributed by atoms with Gasteiger partial charge in [0.05, 0.1) is 10.3 Å². The van der Waals surface area contributed by atoms with E-state index in [1.807, 2.05) is 29.1 Å². The van der Waals surface area contributed by atoms with Crippen molar-refractivity contribution in [2.75, 3.05) is 4.72 Å². The molecule has 2 aromatic heterocycles. The molecule has 0 aliphatic rings. The molecule has 5 nitrogen and oxygen atoms in total. The highest BCUT2D eigenvalue weighted by molar-refractivity contribution is 9.11. The third-order valence-corrected chi connectivity index (χ3v) is 6.42. The maximum Gasteiger partial charge on any atom is 0.271 e. The van der Waals surface area contributed by atoms with Crippen LogP contribution in [0.2, 0.25) is 0 Å². The highest BCUT2D eigenvalue weighted by Gasteiger charge is 2.16. The van der Waals surface area contributed by atoms with Gasteiger partial charge in [-0.15, -0.1) is 11.3 Å². The van der Waals surface area contributed by atoms with E-state index in [0.717, 1.165) is 9.35 Å². The number of nitrogens with zero attached hydrogens (tertiary/aromatic N) is 2. The van der Waals surface area contributed by atoms with Crippen molar-refractivity contribution in [3.8, 4) is 0 Å². The highest BCUT2D eigenvalue weighted by Crippen LogP contribution is 2.27. The van der Waals surface area contributed by atoms with E-state index in [1.165, 1.54) is 11.3 Å². The van der Waals surface area contributed by atoms with Crippen LogP contribution in [0.3, 0.4) is 0 Å². The third-order valence-electron chi connectivity index (χ3n) is 2.92. The van der Waals surface area contributed by atoms with E-state index < -0.39 is 10.0 Å². The number of aromatic nitrogens is 2. The number of halogens is 1. The van der Waals surface area contributed by atoms with Crippen molar-refractivity contribution in [2.24, 2.45) is 0 Å². The van der Waals surface area contributed by atoms with Crippen molar-refractivity contribution >= 4 is 43.0 Å². The van der Waals surface area contributed by atoms with Crippen LogP contribution in [0.4, 0.5) is 5.69 Å². The van der Waals surface area contributed by atoms with Gasteiger partial charge in [-0.05, 0) is 51.8 Å². The van der Waals surface area contributed by atoms with Gasteiger partial charge in [0.25, 0.3) is 10.0 Å². The Hall–Kier alpha value is -1.64. The zero-order chi connectivity index (χ0) is 15.6. The summed E-state index contributed by atoms with van der Waals surface area (Å²) in [7, 11) is -3.53. The third kappa shape index (κ3) is 3.57. The standard InChI is InChI=1S/C14H12BrN3O2S2/c15-13-6-7-14(21-13)22(19,20)17-12-4-2-11(3-5-12)10-18-9-1-8-16-18/h1-9,17H,10H2. The molecule has 0 aliphatic heterocycles. The lowest BCUT2D eigenvalue weighted by atomic mass is 10.2. The van der Waals surface area contributed by atoms with E-state index in [1.54, 1.807) is 30.5 Å². The fourth-order valence-electron chi connectivity index (χ4n) is 1.91. The Labute approximate surface area is 140 Å². The van der Waals surface area contributed by atoms with E-state index in [2.05, 4.69) is 25.8 Å². The molecule has 0 fully saturated rings. The van der Waals surface area contributed by atoms with Crippen LogP contribution in [0, 0.1) is 0 Å². The van der Waals surface area contributed by atoms with Crippen LogP contribution in [0.15, 0.2) is 62.9 Å². The molecule has 0 saturated heterocycles. The first-order chi connectivity index (χ1) is 10.5. The SMILES string of the molecule is O=S(=O)(Nc1ccc(Cn2cccn2)cc1)c1ccc(Br)s1. The van der Waals surface area contributed by atoms with Gasteiger partial charge in [0.1, 0.15) is 4.21 Å². The summed E-state index contributed by atoms with van der Waals surface area (Å²) in [5.74, 6) is 0. The average Bonchev–Trinajstić information content (AvgIpc) is 3.12. The van der Waals surface area contributed by atoms with E-state index in [0.29, 0.717) is 12.2 Å². The van der Waals surface area contributed by atoms with Gasteiger partial charge in [0.15, 0.2) is 0 Å². The van der Waals surface area contributed by atoms with Crippen LogP contribution in [0.25, 0.3) is 0 Å². The maximum absolute atomic E-state index is 12.2. The molecule has 3 rings (SSSR count). The summed E-state index contributed by atoms with van der Waals surface area (Å²) in [4.78, 5) is 0. The number of nitrogens with one attached hydrogen (secondary N) is 1. The van der Waals surface area contributed by atoms with E-state index >= 15 is 0 Å². The molecule has 8 heteroatoms. The van der Waals surface area contributed by atoms with Crippen LogP contribution in [-0.2, 0) is 16.6 Å². The molecule has 0 spiro atoms. The molecule has 0 atom stereocenters. The Morgan fingerprint density at radius 3 is 2.55 bits per heavy atom. The Kier molecular flexibility index (Phi) is 4.32. The molecular formula is C14H12BrN3O2S2. The van der Waals surface area contributed by atoms with Gasteiger partial charge < -0.3 is 0 Å². The lowest BCUT2D eigenvalue weighted by molar-refractivity contribution is 0.603. The van der Waals surface area contributed by atoms with Crippen molar-refractivity contribution in [3.05, 3.63) is 64.2 Å². The van der Waals surface area contributed by atoms with Crippen molar-refractivity contribution in [1.29, 1.82) is 0 Å². The fraction of sp³-hybridized carbons (Fsp3) is 0.0714. The predicted molar refractivity (Wildman–Crippen MR) is 90.6 cm³/mol. The average molecular weight is 398 g/mol. The Bertz CT molecular complexity index is 856. The molecule has 0 saturated carbocycles. The minimum Gasteiger partial charge on any atom is -0.279 e. The van der Waals surface area contributed by atoms with E-state index in [-0.39, 0.29) is 4.21 Å². The minimum absolute atomic E-state index is 0.278. The number of benzene rings is 1. The summed E-state index contributed by atoms with van der Waals surface area (Å²) in [5.41, 5.74) is 1.58. The second-order valence-electron chi connectivity index (χ2n) is 4.56. The number of thiophene rings is 1. The zero-order valence-electron chi connectivity index (χ0n) is 11.3. The van der Waals surface area contributed by atoms with Crippen LogP contribution < -0.4 is 4.72 Å². The van der Waals surface area contributed by atoms with Gasteiger partial charge in [-0.3, -0.25) is 9.40 Å². The van der Waals surface area contributed by atoms with Gasteiger partial charge in [-0.25, -0.2) is 8.42 Å². The summed E-state index contributed by atoms with van der Waals surface area (Å²) >= 11 is 4.44. The Morgan fingerprint density at radius 2 is 1.95 bits per heavy atom. The molecule has 1 aromatic carbocycles. The molecule has 22 heavy (non-hydrogen) atoms. The molecule has 0 radical (unpaired) electrons. The van der Waals surface area contributed by atoms with Crippen molar-refractivity contribution in [3.63, 3.8) is 0 Å². The van der Waals surface area contributed by atoms with Gasteiger partial charge in [-0.1, -0.05) is 12.1 Å². The molecule has 3 aromatic rings. The molecule has 2 heterocycles. The molecule has 1 N–H and O–H groups in total. The number of rotatable bonds is 5. The lowest BCUT2D eigenvalue weighted by Crippen LogP contribution is -2.11. The summed E-state index contributed by atoms with van der Waals surface area (Å²) in [6.45, 7) is 0.651. The Morgan fingerprint density at radius 1 is 1.18 bits per heavy atom. The first-order valence-electron chi connectivity index (χ1n) is 6.37.